The molecular formula is C12H22N2O2. The summed E-state index contributed by atoms with van der Waals surface area (Å²) in [5.74, 6) is 1.54. The monoisotopic (exact) mass is 226 g/mol. The maximum Gasteiger partial charge on any atom is 0.317 e. The Morgan fingerprint density at radius 1 is 1.25 bits per heavy atom. The Balaban J connectivity index is 1.71. The molecule has 0 bridgehead atoms. The van der Waals surface area contributed by atoms with Gasteiger partial charge < -0.3 is 15.0 Å². The number of hydrogen-bond donors (Lipinski definition) is 1. The highest BCUT2D eigenvalue weighted by atomic mass is 16.5. The average Bonchev–Trinajstić information content (AvgIpc) is 3.11. The van der Waals surface area contributed by atoms with E-state index in [4.69, 9.17) is 4.74 Å². The van der Waals surface area contributed by atoms with E-state index in [0.717, 1.165) is 24.9 Å². The molecule has 4 nitrogen and oxygen atoms in total. The molecule has 0 aromatic rings. The zero-order valence-corrected chi connectivity index (χ0v) is 10.1. The van der Waals surface area contributed by atoms with E-state index in [1.54, 1.807) is 7.11 Å². The number of ether oxygens (including phenoxy) is 1. The summed E-state index contributed by atoms with van der Waals surface area (Å²) in [4.78, 5) is 13.9. The first-order valence-corrected chi connectivity index (χ1v) is 6.31. The van der Waals surface area contributed by atoms with Crippen LogP contribution in [-0.4, -0.2) is 44.3 Å². The predicted octanol–water partition coefficient (Wildman–Crippen LogP) is 1.46. The first-order chi connectivity index (χ1) is 7.79. The molecule has 2 aliphatic carbocycles. The summed E-state index contributed by atoms with van der Waals surface area (Å²) in [6.45, 7) is 3.11. The van der Waals surface area contributed by atoms with Gasteiger partial charge in [0, 0.05) is 26.7 Å². The first kappa shape index (κ1) is 11.7. The molecule has 92 valence electrons. The summed E-state index contributed by atoms with van der Waals surface area (Å²) >= 11 is 0. The summed E-state index contributed by atoms with van der Waals surface area (Å²) in [5, 5.41) is 2.91. The second kappa shape index (κ2) is 5.53. The Bertz CT molecular complexity index is 223. The fraction of sp³-hybridized carbons (Fsp3) is 0.917. The van der Waals surface area contributed by atoms with Crippen LogP contribution in [0.15, 0.2) is 0 Å². The third-order valence-corrected chi connectivity index (χ3v) is 3.22. The van der Waals surface area contributed by atoms with Crippen molar-refractivity contribution in [3.63, 3.8) is 0 Å². The molecule has 0 heterocycles. The van der Waals surface area contributed by atoms with Crippen LogP contribution in [0.2, 0.25) is 0 Å². The summed E-state index contributed by atoms with van der Waals surface area (Å²) in [7, 11) is 1.65. The SMILES string of the molecule is COCCNC(=O)N(CC1CC1)CC1CC1. The minimum Gasteiger partial charge on any atom is -0.383 e. The second-order valence-corrected chi connectivity index (χ2v) is 5.02. The minimum atomic E-state index is 0.0934. The molecular weight excluding hydrogens is 204 g/mol. The van der Waals surface area contributed by atoms with Gasteiger partial charge in [0.2, 0.25) is 0 Å². The number of carbonyl (C=O) groups excluding carboxylic acids is 1. The van der Waals surface area contributed by atoms with Crippen molar-refractivity contribution in [2.45, 2.75) is 25.7 Å². The van der Waals surface area contributed by atoms with Crippen LogP contribution >= 0.6 is 0 Å². The van der Waals surface area contributed by atoms with Gasteiger partial charge in [-0.2, -0.15) is 0 Å². The fourth-order valence-corrected chi connectivity index (χ4v) is 1.84. The molecule has 0 spiro atoms. The third kappa shape index (κ3) is 4.00. The zero-order chi connectivity index (χ0) is 11.4. The van der Waals surface area contributed by atoms with Crippen molar-refractivity contribution in [3.05, 3.63) is 0 Å². The lowest BCUT2D eigenvalue weighted by molar-refractivity contribution is 0.176. The van der Waals surface area contributed by atoms with Crippen LogP contribution in [0.5, 0.6) is 0 Å². The van der Waals surface area contributed by atoms with Crippen molar-refractivity contribution < 1.29 is 9.53 Å². The van der Waals surface area contributed by atoms with E-state index in [9.17, 15) is 4.79 Å². The average molecular weight is 226 g/mol. The normalized spacial score (nSPS) is 19.6. The van der Waals surface area contributed by atoms with Gasteiger partial charge in [0.15, 0.2) is 0 Å². The van der Waals surface area contributed by atoms with E-state index in [1.165, 1.54) is 25.7 Å². The van der Waals surface area contributed by atoms with E-state index < -0.39 is 0 Å². The Labute approximate surface area is 97.3 Å². The molecule has 0 aromatic heterocycles. The van der Waals surface area contributed by atoms with Crippen LogP contribution in [0.4, 0.5) is 4.79 Å². The minimum absolute atomic E-state index is 0.0934. The fourth-order valence-electron chi connectivity index (χ4n) is 1.84. The maximum atomic E-state index is 11.9. The molecule has 0 aliphatic heterocycles. The van der Waals surface area contributed by atoms with E-state index in [0.29, 0.717) is 13.2 Å². The van der Waals surface area contributed by atoms with Crippen molar-refractivity contribution in [2.24, 2.45) is 11.8 Å². The Morgan fingerprint density at radius 2 is 1.81 bits per heavy atom. The van der Waals surface area contributed by atoms with E-state index in [-0.39, 0.29) is 6.03 Å². The van der Waals surface area contributed by atoms with Crippen molar-refractivity contribution in [1.82, 2.24) is 10.2 Å². The van der Waals surface area contributed by atoms with E-state index >= 15 is 0 Å². The molecule has 0 radical (unpaired) electrons. The molecule has 0 atom stereocenters. The number of carbonyl (C=O) groups is 1. The zero-order valence-electron chi connectivity index (χ0n) is 10.1. The van der Waals surface area contributed by atoms with Gasteiger partial charge in [0.1, 0.15) is 0 Å². The molecule has 0 unspecified atom stereocenters. The van der Waals surface area contributed by atoms with Crippen molar-refractivity contribution in [3.8, 4) is 0 Å². The quantitative estimate of drug-likeness (QED) is 0.668. The molecule has 2 rings (SSSR count). The summed E-state index contributed by atoms with van der Waals surface area (Å²) in [6, 6.07) is 0.0934. The van der Waals surface area contributed by atoms with Gasteiger partial charge in [-0.25, -0.2) is 4.79 Å². The van der Waals surface area contributed by atoms with Crippen LogP contribution in [0.25, 0.3) is 0 Å². The lowest BCUT2D eigenvalue weighted by Crippen LogP contribution is -2.43. The summed E-state index contributed by atoms with van der Waals surface area (Å²) < 4.78 is 4.93. The molecule has 2 amide bonds. The number of amides is 2. The molecule has 0 aromatic carbocycles. The van der Waals surface area contributed by atoms with Crippen LogP contribution in [-0.2, 0) is 4.74 Å². The lowest BCUT2D eigenvalue weighted by Gasteiger charge is -2.22. The highest BCUT2D eigenvalue weighted by Gasteiger charge is 2.31. The standard InChI is InChI=1S/C12H22N2O2/c1-16-7-6-13-12(15)14(8-10-2-3-10)9-11-4-5-11/h10-11H,2-9H2,1H3,(H,13,15). The number of urea groups is 1. The Hall–Kier alpha value is -0.770. The topological polar surface area (TPSA) is 41.6 Å². The number of hydrogen-bond acceptors (Lipinski definition) is 2. The van der Waals surface area contributed by atoms with Crippen LogP contribution in [0, 0.1) is 11.8 Å². The van der Waals surface area contributed by atoms with Gasteiger partial charge in [-0.05, 0) is 37.5 Å². The highest BCUT2D eigenvalue weighted by Crippen LogP contribution is 2.33. The number of methoxy groups -OCH3 is 1. The smallest absolute Gasteiger partial charge is 0.317 e. The van der Waals surface area contributed by atoms with Crippen molar-refractivity contribution in [2.75, 3.05) is 33.4 Å². The second-order valence-electron chi connectivity index (χ2n) is 5.02. The predicted molar refractivity (Wildman–Crippen MR) is 62.3 cm³/mol. The van der Waals surface area contributed by atoms with Crippen LogP contribution in [0.3, 0.4) is 0 Å². The Morgan fingerprint density at radius 3 is 2.25 bits per heavy atom. The van der Waals surface area contributed by atoms with Gasteiger partial charge in [-0.15, -0.1) is 0 Å². The molecule has 16 heavy (non-hydrogen) atoms. The van der Waals surface area contributed by atoms with E-state index in [1.807, 2.05) is 4.90 Å². The van der Waals surface area contributed by atoms with Crippen molar-refractivity contribution in [1.29, 1.82) is 0 Å². The summed E-state index contributed by atoms with van der Waals surface area (Å²) in [6.07, 6.45) is 5.19. The van der Waals surface area contributed by atoms with Gasteiger partial charge in [-0.3, -0.25) is 0 Å². The highest BCUT2D eigenvalue weighted by molar-refractivity contribution is 5.74. The van der Waals surface area contributed by atoms with Gasteiger partial charge in [0.25, 0.3) is 0 Å². The van der Waals surface area contributed by atoms with Gasteiger partial charge in [0.05, 0.1) is 6.61 Å². The van der Waals surface area contributed by atoms with Crippen LogP contribution in [0.1, 0.15) is 25.7 Å². The number of nitrogens with zero attached hydrogens (tertiary/aromatic N) is 1. The molecule has 2 aliphatic rings. The molecule has 1 N–H and O–H groups in total. The molecule has 2 saturated carbocycles. The first-order valence-electron chi connectivity index (χ1n) is 6.31. The third-order valence-electron chi connectivity index (χ3n) is 3.22. The summed E-state index contributed by atoms with van der Waals surface area (Å²) in [5.41, 5.74) is 0. The van der Waals surface area contributed by atoms with E-state index in [2.05, 4.69) is 5.32 Å². The van der Waals surface area contributed by atoms with Gasteiger partial charge in [-0.1, -0.05) is 0 Å². The van der Waals surface area contributed by atoms with Gasteiger partial charge >= 0.3 is 6.03 Å². The lowest BCUT2D eigenvalue weighted by atomic mass is 10.3. The molecule has 4 heteroatoms. The Kier molecular flexibility index (Phi) is 4.04. The number of rotatable bonds is 7. The molecule has 2 fully saturated rings. The molecule has 0 saturated heterocycles. The maximum absolute atomic E-state index is 11.9. The van der Waals surface area contributed by atoms with Crippen molar-refractivity contribution >= 4 is 6.03 Å². The largest absolute Gasteiger partial charge is 0.383 e. The van der Waals surface area contributed by atoms with Crippen LogP contribution < -0.4 is 5.32 Å². The number of nitrogens with one attached hydrogen (secondary N) is 1.